The summed E-state index contributed by atoms with van der Waals surface area (Å²) in [7, 11) is 1.47. The normalized spacial score (nSPS) is 23.3. The van der Waals surface area contributed by atoms with Crippen LogP contribution in [0, 0.1) is 11.7 Å². The summed E-state index contributed by atoms with van der Waals surface area (Å²) in [5.41, 5.74) is 3.67. The van der Waals surface area contributed by atoms with Crippen LogP contribution in [0.15, 0.2) is 29.1 Å². The molecule has 1 aromatic heterocycles. The van der Waals surface area contributed by atoms with E-state index in [0.717, 1.165) is 37.2 Å². The Kier molecular flexibility index (Phi) is 4.91. The molecule has 5 nitrogen and oxygen atoms in total. The first-order chi connectivity index (χ1) is 12.6. The summed E-state index contributed by atoms with van der Waals surface area (Å²) in [5.74, 6) is 0.173. The maximum atomic E-state index is 14.0. The summed E-state index contributed by atoms with van der Waals surface area (Å²) in [6.45, 7) is 2.79. The Hall–Kier alpha value is -1.99. The van der Waals surface area contributed by atoms with Crippen molar-refractivity contribution in [1.82, 2.24) is 14.8 Å². The summed E-state index contributed by atoms with van der Waals surface area (Å²) in [6.07, 6.45) is 1.96. The molecule has 0 saturated carbocycles. The molecule has 0 N–H and O–H groups in total. The van der Waals surface area contributed by atoms with E-state index >= 15 is 0 Å². The summed E-state index contributed by atoms with van der Waals surface area (Å²) in [6, 6.07) is 5.28. The zero-order chi connectivity index (χ0) is 18.1. The molecule has 0 unspecified atom stereocenters. The number of thiazole rings is 1. The van der Waals surface area contributed by atoms with E-state index in [1.54, 1.807) is 22.9 Å². The van der Waals surface area contributed by atoms with E-state index in [2.05, 4.69) is 9.88 Å². The van der Waals surface area contributed by atoms with Crippen molar-refractivity contribution in [1.29, 1.82) is 0 Å². The number of fused-ring (bicyclic) bond motifs is 4. The number of ether oxygens (including phenoxy) is 1. The highest BCUT2D eigenvalue weighted by atomic mass is 32.1. The SMILES string of the molecule is COc1ccc(CN2C[C@H]3CC[C@@H](C2)N(Cc2cscn2)C3=O)cc1F. The lowest BCUT2D eigenvalue weighted by Crippen LogP contribution is -2.47. The predicted octanol–water partition coefficient (Wildman–Crippen LogP) is 2.91. The molecule has 0 spiro atoms. The number of rotatable bonds is 5. The van der Waals surface area contributed by atoms with Crippen molar-refractivity contribution in [2.45, 2.75) is 32.0 Å². The highest BCUT2D eigenvalue weighted by molar-refractivity contribution is 7.07. The number of amides is 1. The zero-order valence-corrected chi connectivity index (χ0v) is 15.5. The predicted molar refractivity (Wildman–Crippen MR) is 97.4 cm³/mol. The number of halogens is 1. The van der Waals surface area contributed by atoms with Crippen molar-refractivity contribution in [3.05, 3.63) is 46.2 Å². The Morgan fingerprint density at radius 3 is 2.92 bits per heavy atom. The van der Waals surface area contributed by atoms with E-state index in [1.165, 1.54) is 13.2 Å². The first kappa shape index (κ1) is 17.4. The van der Waals surface area contributed by atoms with Crippen LogP contribution in [0.2, 0.25) is 0 Å². The number of aromatic nitrogens is 1. The molecule has 3 saturated heterocycles. The van der Waals surface area contributed by atoms with Crippen molar-refractivity contribution in [3.8, 4) is 5.75 Å². The second-order valence-corrected chi connectivity index (χ2v) is 7.76. The quantitative estimate of drug-likeness (QED) is 0.806. The third kappa shape index (κ3) is 3.46. The second-order valence-electron chi connectivity index (χ2n) is 7.04. The monoisotopic (exact) mass is 375 g/mol. The molecule has 5 rings (SSSR count). The number of benzene rings is 1. The van der Waals surface area contributed by atoms with Gasteiger partial charge in [0.15, 0.2) is 11.6 Å². The Morgan fingerprint density at radius 2 is 2.19 bits per heavy atom. The maximum Gasteiger partial charge on any atom is 0.227 e. The first-order valence-corrected chi connectivity index (χ1v) is 9.80. The van der Waals surface area contributed by atoms with Crippen molar-refractivity contribution in [2.75, 3.05) is 20.2 Å². The van der Waals surface area contributed by atoms with Gasteiger partial charge in [0.05, 0.1) is 30.8 Å². The maximum absolute atomic E-state index is 14.0. The van der Waals surface area contributed by atoms with Gasteiger partial charge in [-0.15, -0.1) is 11.3 Å². The summed E-state index contributed by atoms with van der Waals surface area (Å²) >= 11 is 1.56. The topological polar surface area (TPSA) is 45.7 Å². The second kappa shape index (κ2) is 7.32. The van der Waals surface area contributed by atoms with E-state index in [-0.39, 0.29) is 29.4 Å². The number of carbonyl (C=O) groups excluding carboxylic acids is 1. The highest BCUT2D eigenvalue weighted by Crippen LogP contribution is 2.31. The zero-order valence-electron chi connectivity index (χ0n) is 14.7. The molecule has 0 aliphatic carbocycles. The smallest absolute Gasteiger partial charge is 0.227 e. The number of hydrogen-bond acceptors (Lipinski definition) is 5. The van der Waals surface area contributed by atoms with Crippen LogP contribution in [-0.4, -0.2) is 46.9 Å². The average molecular weight is 375 g/mol. The van der Waals surface area contributed by atoms with Crippen LogP contribution in [-0.2, 0) is 17.9 Å². The Morgan fingerprint density at radius 1 is 1.31 bits per heavy atom. The molecule has 138 valence electrons. The van der Waals surface area contributed by atoms with Gasteiger partial charge in [0.1, 0.15) is 0 Å². The van der Waals surface area contributed by atoms with Gasteiger partial charge < -0.3 is 9.64 Å². The van der Waals surface area contributed by atoms with Crippen LogP contribution in [0.3, 0.4) is 0 Å². The van der Waals surface area contributed by atoms with Gasteiger partial charge in [0.2, 0.25) is 5.91 Å². The molecule has 3 aliphatic heterocycles. The Balaban J connectivity index is 1.49. The van der Waals surface area contributed by atoms with Crippen molar-refractivity contribution in [2.24, 2.45) is 5.92 Å². The molecule has 2 atom stereocenters. The first-order valence-electron chi connectivity index (χ1n) is 8.86. The van der Waals surface area contributed by atoms with E-state index < -0.39 is 0 Å². The Labute approximate surface area is 156 Å². The van der Waals surface area contributed by atoms with Crippen LogP contribution in [0.5, 0.6) is 5.75 Å². The fourth-order valence-corrected chi connectivity index (χ4v) is 4.57. The molecule has 2 bridgehead atoms. The van der Waals surface area contributed by atoms with Gasteiger partial charge in [-0.25, -0.2) is 9.37 Å². The van der Waals surface area contributed by atoms with Gasteiger partial charge >= 0.3 is 0 Å². The molecule has 3 fully saturated rings. The third-order valence-corrected chi connectivity index (χ3v) is 5.94. The average Bonchev–Trinajstić information content (AvgIpc) is 3.01. The number of carbonyl (C=O) groups is 1. The van der Waals surface area contributed by atoms with Crippen LogP contribution in [0.1, 0.15) is 24.1 Å². The van der Waals surface area contributed by atoms with Crippen LogP contribution in [0.4, 0.5) is 4.39 Å². The summed E-state index contributed by atoms with van der Waals surface area (Å²) in [5, 5.41) is 2.00. The number of hydrogen-bond donors (Lipinski definition) is 0. The molecule has 4 heterocycles. The van der Waals surface area contributed by atoms with Crippen molar-refractivity contribution in [3.63, 3.8) is 0 Å². The van der Waals surface area contributed by atoms with Crippen molar-refractivity contribution >= 4 is 17.2 Å². The minimum atomic E-state index is -0.343. The molecular weight excluding hydrogens is 353 g/mol. The molecule has 26 heavy (non-hydrogen) atoms. The van der Waals surface area contributed by atoms with Crippen molar-refractivity contribution < 1.29 is 13.9 Å². The lowest BCUT2D eigenvalue weighted by Gasteiger charge is -2.35. The van der Waals surface area contributed by atoms with Gasteiger partial charge in [-0.1, -0.05) is 6.07 Å². The van der Waals surface area contributed by atoms with Crippen LogP contribution in [0.25, 0.3) is 0 Å². The minimum absolute atomic E-state index is 0.0236. The van der Waals surface area contributed by atoms with Crippen LogP contribution >= 0.6 is 11.3 Å². The molecule has 1 aromatic carbocycles. The van der Waals surface area contributed by atoms with E-state index in [0.29, 0.717) is 13.1 Å². The molecule has 3 aliphatic rings. The van der Waals surface area contributed by atoms with E-state index in [9.17, 15) is 9.18 Å². The molecule has 2 aromatic rings. The Bertz CT molecular complexity index is 783. The molecular formula is C19H22FN3O2S. The third-order valence-electron chi connectivity index (χ3n) is 5.31. The molecule has 1 amide bonds. The molecule has 7 heteroatoms. The van der Waals surface area contributed by atoms with Gasteiger partial charge in [0, 0.05) is 31.1 Å². The lowest BCUT2D eigenvalue weighted by molar-refractivity contribution is -0.140. The fourth-order valence-electron chi connectivity index (χ4n) is 4.02. The van der Waals surface area contributed by atoms with Gasteiger partial charge in [-0.2, -0.15) is 0 Å². The molecule has 0 radical (unpaired) electrons. The van der Waals surface area contributed by atoms with Gasteiger partial charge in [-0.05, 0) is 30.5 Å². The lowest BCUT2D eigenvalue weighted by atomic mass is 9.94. The standard InChI is InChI=1S/C19H22FN3O2S/c1-25-18-5-2-13(6-17(18)20)7-22-8-14-3-4-16(10-22)23(19(14)24)9-15-11-26-12-21-15/h2,5-6,11-12,14,16H,3-4,7-10H2,1H3/t14-,16+/m1/s1. The number of piperidine rings is 1. The number of methoxy groups -OCH3 is 1. The van der Waals surface area contributed by atoms with E-state index in [4.69, 9.17) is 4.74 Å². The van der Waals surface area contributed by atoms with Crippen LogP contribution < -0.4 is 4.74 Å². The number of nitrogens with zero attached hydrogens (tertiary/aromatic N) is 3. The summed E-state index contributed by atoms with van der Waals surface area (Å²) < 4.78 is 19.0. The summed E-state index contributed by atoms with van der Waals surface area (Å²) in [4.78, 5) is 21.5. The largest absolute Gasteiger partial charge is 0.494 e. The highest BCUT2D eigenvalue weighted by Gasteiger charge is 2.40. The van der Waals surface area contributed by atoms with Gasteiger partial charge in [-0.3, -0.25) is 9.69 Å². The fraction of sp³-hybridized carbons (Fsp3) is 0.474. The van der Waals surface area contributed by atoms with Gasteiger partial charge in [0.25, 0.3) is 0 Å². The minimum Gasteiger partial charge on any atom is -0.494 e. The van der Waals surface area contributed by atoms with E-state index in [1.807, 2.05) is 16.3 Å².